The maximum atomic E-state index is 13.7. The van der Waals surface area contributed by atoms with Gasteiger partial charge < -0.3 is 10.4 Å². The number of aliphatic hydroxyl groups is 1. The predicted molar refractivity (Wildman–Crippen MR) is 112 cm³/mol. The summed E-state index contributed by atoms with van der Waals surface area (Å²) < 4.78 is 70.1. The van der Waals surface area contributed by atoms with Crippen molar-refractivity contribution in [2.24, 2.45) is 0 Å². The number of aliphatic hydroxyl groups excluding tert-OH is 1. The van der Waals surface area contributed by atoms with Crippen LogP contribution in [0, 0.1) is 17.5 Å². The first kappa shape index (κ1) is 21.2. The van der Waals surface area contributed by atoms with Crippen LogP contribution in [0.3, 0.4) is 0 Å². The molecule has 2 aliphatic rings. The summed E-state index contributed by atoms with van der Waals surface area (Å²) in [5.41, 5.74) is 0.646. The van der Waals surface area contributed by atoms with Crippen LogP contribution in [0.25, 0.3) is 10.9 Å². The molecule has 0 amide bonds. The maximum Gasteiger partial charge on any atom is 0.243 e. The molecule has 1 saturated carbocycles. The topological polar surface area (TPSA) is 87.5 Å². The summed E-state index contributed by atoms with van der Waals surface area (Å²) in [6, 6.07) is 6.48. The molecule has 1 saturated heterocycles. The monoisotopic (exact) mass is 466 g/mol. The Morgan fingerprint density at radius 3 is 2.28 bits per heavy atom. The molecular weight excluding hydrogens is 445 g/mol. The Labute approximate surface area is 182 Å². The quantitative estimate of drug-likeness (QED) is 0.561. The minimum Gasteiger partial charge on any atom is -0.393 e. The number of benzene rings is 2. The van der Waals surface area contributed by atoms with Crippen LogP contribution in [0.5, 0.6) is 0 Å². The molecule has 11 heteroatoms. The largest absolute Gasteiger partial charge is 0.393 e. The standard InChI is InChI=1S/C21H21F3N4O3S/c22-17-9-12(10-18(23)20(17)24)25-21-16-11-15(3-4-19(16)28(26-21)13-1-2-13)32(30,31)27-7-5-14(29)6-8-27/h3-4,9-11,13-14,29H,1-2,5-8H2,(H,25,26). The molecule has 2 fully saturated rings. The highest BCUT2D eigenvalue weighted by Crippen LogP contribution is 2.40. The van der Waals surface area contributed by atoms with Crippen molar-refractivity contribution in [1.29, 1.82) is 0 Å². The SMILES string of the molecule is O=S(=O)(c1ccc2c(c1)c(Nc1cc(F)c(F)c(F)c1)nn2C1CC1)N1CCC(O)CC1. The van der Waals surface area contributed by atoms with Crippen molar-refractivity contribution < 1.29 is 26.7 Å². The zero-order valence-corrected chi connectivity index (χ0v) is 17.7. The van der Waals surface area contributed by atoms with Crippen molar-refractivity contribution in [2.45, 2.75) is 42.7 Å². The number of halogens is 3. The summed E-state index contributed by atoms with van der Waals surface area (Å²) in [6.45, 7) is 0.449. The third-order valence-electron chi connectivity index (χ3n) is 5.88. The van der Waals surface area contributed by atoms with Gasteiger partial charge in [0.15, 0.2) is 23.3 Å². The van der Waals surface area contributed by atoms with E-state index in [4.69, 9.17) is 0 Å². The number of sulfonamides is 1. The molecule has 170 valence electrons. The summed E-state index contributed by atoms with van der Waals surface area (Å²) in [5.74, 6) is -4.02. The van der Waals surface area contributed by atoms with Gasteiger partial charge in [-0.05, 0) is 43.9 Å². The molecule has 32 heavy (non-hydrogen) atoms. The maximum absolute atomic E-state index is 13.7. The molecule has 0 atom stereocenters. The number of fused-ring (bicyclic) bond motifs is 1. The Kier molecular flexibility index (Phi) is 5.14. The number of rotatable bonds is 5. The number of nitrogens with zero attached hydrogens (tertiary/aromatic N) is 3. The van der Waals surface area contributed by atoms with E-state index >= 15 is 0 Å². The van der Waals surface area contributed by atoms with E-state index in [1.807, 2.05) is 0 Å². The minimum atomic E-state index is -3.79. The van der Waals surface area contributed by atoms with Gasteiger partial charge in [-0.25, -0.2) is 21.6 Å². The fraction of sp³-hybridized carbons (Fsp3) is 0.381. The average Bonchev–Trinajstić information content (AvgIpc) is 3.55. The van der Waals surface area contributed by atoms with Gasteiger partial charge in [-0.1, -0.05) is 0 Å². The number of aromatic nitrogens is 2. The van der Waals surface area contributed by atoms with Gasteiger partial charge in [0.1, 0.15) is 0 Å². The fourth-order valence-corrected chi connectivity index (χ4v) is 5.46. The van der Waals surface area contributed by atoms with Crippen LogP contribution >= 0.6 is 0 Å². The van der Waals surface area contributed by atoms with E-state index in [1.165, 1.54) is 16.4 Å². The molecule has 0 bridgehead atoms. The Morgan fingerprint density at radius 1 is 1.00 bits per heavy atom. The van der Waals surface area contributed by atoms with Gasteiger partial charge in [0.2, 0.25) is 10.0 Å². The molecule has 0 spiro atoms. The number of piperidine rings is 1. The Hall–Kier alpha value is -2.63. The van der Waals surface area contributed by atoms with Gasteiger partial charge in [0, 0.05) is 36.3 Å². The molecule has 2 N–H and O–H groups in total. The molecule has 2 aromatic carbocycles. The summed E-state index contributed by atoms with van der Waals surface area (Å²) in [5, 5.41) is 17.5. The molecule has 0 radical (unpaired) electrons. The number of hydrogen-bond acceptors (Lipinski definition) is 5. The van der Waals surface area contributed by atoms with E-state index < -0.39 is 33.6 Å². The molecule has 5 rings (SSSR count). The van der Waals surface area contributed by atoms with Gasteiger partial charge >= 0.3 is 0 Å². The third kappa shape index (κ3) is 3.74. The second-order valence-electron chi connectivity index (χ2n) is 8.22. The lowest BCUT2D eigenvalue weighted by Crippen LogP contribution is -2.39. The highest BCUT2D eigenvalue weighted by molar-refractivity contribution is 7.89. The van der Waals surface area contributed by atoms with Crippen LogP contribution < -0.4 is 5.32 Å². The van der Waals surface area contributed by atoms with Crippen LogP contribution in [-0.2, 0) is 10.0 Å². The smallest absolute Gasteiger partial charge is 0.243 e. The van der Waals surface area contributed by atoms with E-state index in [2.05, 4.69) is 10.4 Å². The number of anilines is 2. The van der Waals surface area contributed by atoms with E-state index in [9.17, 15) is 26.7 Å². The Balaban J connectivity index is 1.56. The van der Waals surface area contributed by atoms with Gasteiger partial charge in [-0.2, -0.15) is 9.40 Å². The number of nitrogens with one attached hydrogen (secondary N) is 1. The van der Waals surface area contributed by atoms with Crippen molar-refractivity contribution in [3.8, 4) is 0 Å². The molecule has 3 aromatic rings. The van der Waals surface area contributed by atoms with Crippen LogP contribution in [0.15, 0.2) is 35.2 Å². The lowest BCUT2D eigenvalue weighted by Gasteiger charge is -2.28. The van der Waals surface area contributed by atoms with Gasteiger partial charge in [0.25, 0.3) is 0 Å². The lowest BCUT2D eigenvalue weighted by atomic mass is 10.1. The molecule has 1 aromatic heterocycles. The van der Waals surface area contributed by atoms with Crippen LogP contribution in [0.1, 0.15) is 31.7 Å². The van der Waals surface area contributed by atoms with Gasteiger partial charge in [-0.15, -0.1) is 0 Å². The van der Waals surface area contributed by atoms with Crippen molar-refractivity contribution >= 4 is 32.4 Å². The van der Waals surface area contributed by atoms with Crippen LogP contribution in [0.4, 0.5) is 24.7 Å². The highest BCUT2D eigenvalue weighted by Gasteiger charge is 2.31. The lowest BCUT2D eigenvalue weighted by molar-refractivity contribution is 0.113. The molecular formula is C21H21F3N4O3S. The summed E-state index contributed by atoms with van der Waals surface area (Å²) >= 11 is 0. The van der Waals surface area contributed by atoms with Crippen molar-refractivity contribution in [3.63, 3.8) is 0 Å². The summed E-state index contributed by atoms with van der Waals surface area (Å²) in [7, 11) is -3.79. The van der Waals surface area contributed by atoms with Crippen LogP contribution in [-0.4, -0.2) is 46.8 Å². The van der Waals surface area contributed by atoms with Gasteiger partial charge in [0.05, 0.1) is 22.6 Å². The zero-order valence-electron chi connectivity index (χ0n) is 16.9. The van der Waals surface area contributed by atoms with Crippen molar-refractivity contribution in [3.05, 3.63) is 47.8 Å². The average molecular weight is 466 g/mol. The summed E-state index contributed by atoms with van der Waals surface area (Å²) in [4.78, 5) is 0.0660. The number of hydrogen-bond donors (Lipinski definition) is 2. The molecule has 2 heterocycles. The zero-order chi connectivity index (χ0) is 22.6. The van der Waals surface area contributed by atoms with Crippen LogP contribution in [0.2, 0.25) is 0 Å². The second-order valence-corrected chi connectivity index (χ2v) is 10.2. The van der Waals surface area contributed by atoms with Crippen molar-refractivity contribution in [1.82, 2.24) is 14.1 Å². The second kappa shape index (κ2) is 7.75. The molecule has 7 nitrogen and oxygen atoms in total. The Bertz CT molecular complexity index is 1280. The first-order valence-corrected chi connectivity index (χ1v) is 11.8. The van der Waals surface area contributed by atoms with E-state index in [0.717, 1.165) is 25.0 Å². The fourth-order valence-electron chi connectivity index (χ4n) is 3.97. The Morgan fingerprint density at radius 2 is 1.66 bits per heavy atom. The van der Waals surface area contributed by atoms with Gasteiger partial charge in [-0.3, -0.25) is 4.68 Å². The molecule has 0 unspecified atom stereocenters. The highest BCUT2D eigenvalue weighted by atomic mass is 32.2. The minimum absolute atomic E-state index is 0.0398. The first-order valence-electron chi connectivity index (χ1n) is 10.4. The van der Waals surface area contributed by atoms with E-state index in [0.29, 0.717) is 23.7 Å². The first-order chi connectivity index (χ1) is 15.2. The predicted octanol–water partition coefficient (Wildman–Crippen LogP) is 3.68. The normalized spacial score (nSPS) is 18.4. The molecule has 1 aliphatic carbocycles. The molecule has 1 aliphatic heterocycles. The summed E-state index contributed by atoms with van der Waals surface area (Å²) in [6.07, 6.45) is 2.08. The third-order valence-corrected chi connectivity index (χ3v) is 7.77. The van der Waals surface area contributed by atoms with Crippen molar-refractivity contribution in [2.75, 3.05) is 18.4 Å². The van der Waals surface area contributed by atoms with E-state index in [1.54, 1.807) is 10.7 Å². The van der Waals surface area contributed by atoms with E-state index in [-0.39, 0.29) is 35.5 Å².